The molecule has 0 spiro atoms. The molecule has 0 saturated heterocycles. The van der Waals surface area contributed by atoms with Crippen molar-refractivity contribution in [2.45, 2.75) is 40.0 Å². The Balaban J connectivity index is 0.000000161. The molecule has 0 radical (unpaired) electrons. The van der Waals surface area contributed by atoms with Gasteiger partial charge in [-0.1, -0.05) is 71.7 Å². The topological polar surface area (TPSA) is 133 Å². The molecule has 472 valence electrons. The van der Waals surface area contributed by atoms with Crippen molar-refractivity contribution < 1.29 is 18.9 Å². The summed E-state index contributed by atoms with van der Waals surface area (Å²) in [6.07, 6.45) is 22.5. The molecule has 16 nitrogen and oxygen atoms in total. The average Bonchev–Trinajstić information content (AvgIpc) is 1.65. The number of hydrogen-bond donors (Lipinski definition) is 1. The zero-order valence-corrected chi connectivity index (χ0v) is 55.9. The van der Waals surface area contributed by atoms with Crippen LogP contribution in [-0.2, 0) is 26.2 Å². The molecular formula is C76H63BrCl2N12O4. The zero-order valence-electron chi connectivity index (χ0n) is 52.8. The minimum Gasteiger partial charge on any atom is -0.497 e. The summed E-state index contributed by atoms with van der Waals surface area (Å²) in [5, 5.41) is 3.05. The lowest BCUT2D eigenvalue weighted by Crippen LogP contribution is -2.22. The van der Waals surface area contributed by atoms with Crippen LogP contribution in [0, 0.1) is 27.0 Å². The maximum atomic E-state index is 7.82. The highest BCUT2D eigenvalue weighted by molar-refractivity contribution is 9.10. The molecule has 0 bridgehead atoms. The van der Waals surface area contributed by atoms with Crippen LogP contribution in [0.5, 0.6) is 23.0 Å². The van der Waals surface area contributed by atoms with Crippen LogP contribution in [0.2, 0.25) is 10.0 Å². The largest absolute Gasteiger partial charge is 0.497 e. The molecule has 0 aliphatic heterocycles. The SMILES string of the molecule is Brc1ccc2cncn2c1.[C-]#[N+]c1cc2c(-c3cncc(N(Cc4ccc(OC)cc4)Cc4ccc(OC)cc4)c3Cl)c[nH]c2cc1C.[C-]#[N+]c1cc2c(-c3cncc(N(Cc4ccc(OC)cc4)Cc4ccc(OC)cc4)c3Cl)cn(-c3ccc4cncn4c3)c2cc1C. The van der Waals surface area contributed by atoms with E-state index >= 15 is 0 Å². The zero-order chi connectivity index (χ0) is 66.1. The summed E-state index contributed by atoms with van der Waals surface area (Å²) in [5.41, 5.74) is 17.5. The van der Waals surface area contributed by atoms with Gasteiger partial charge in [0.25, 0.3) is 0 Å². The minimum atomic E-state index is 0.580. The van der Waals surface area contributed by atoms with E-state index in [0.29, 0.717) is 47.6 Å². The second-order valence-corrected chi connectivity index (χ2v) is 24.2. The molecule has 0 amide bonds. The van der Waals surface area contributed by atoms with Gasteiger partial charge in [-0.25, -0.2) is 19.7 Å². The second-order valence-electron chi connectivity index (χ2n) is 22.5. The van der Waals surface area contributed by atoms with Crippen LogP contribution in [0.25, 0.3) is 70.5 Å². The Morgan fingerprint density at radius 3 is 1.37 bits per heavy atom. The van der Waals surface area contributed by atoms with E-state index in [1.807, 2.05) is 151 Å². The van der Waals surface area contributed by atoms with Gasteiger partial charge in [-0.2, -0.15) is 0 Å². The van der Waals surface area contributed by atoms with Crippen LogP contribution in [0.3, 0.4) is 0 Å². The summed E-state index contributed by atoms with van der Waals surface area (Å²) in [6.45, 7) is 21.7. The van der Waals surface area contributed by atoms with Gasteiger partial charge in [-0.05, 0) is 171 Å². The molecule has 0 unspecified atom stereocenters. The first-order chi connectivity index (χ1) is 46.3. The van der Waals surface area contributed by atoms with E-state index < -0.39 is 0 Å². The Bertz CT molecular complexity index is 5030. The van der Waals surface area contributed by atoms with Crippen molar-refractivity contribution in [3.63, 3.8) is 0 Å². The monoisotopic (exact) mass is 1360 g/mol. The number of anilines is 2. The number of imidazole rings is 2. The predicted molar refractivity (Wildman–Crippen MR) is 383 cm³/mol. The number of H-pyrrole nitrogens is 1. The summed E-state index contributed by atoms with van der Waals surface area (Å²) >= 11 is 17.9. The van der Waals surface area contributed by atoms with Crippen molar-refractivity contribution in [3.05, 3.63) is 291 Å². The second kappa shape index (κ2) is 28.8. The molecule has 19 heteroatoms. The molecule has 0 fully saturated rings. The van der Waals surface area contributed by atoms with Gasteiger partial charge < -0.3 is 47.1 Å². The smallest absolute Gasteiger partial charge is 0.190 e. The molecule has 0 aliphatic carbocycles. The summed E-state index contributed by atoms with van der Waals surface area (Å²) in [6, 6.07) is 48.2. The molecule has 14 rings (SSSR count). The molecule has 6 aromatic carbocycles. The van der Waals surface area contributed by atoms with Crippen molar-refractivity contribution in [2.24, 2.45) is 0 Å². The number of aromatic nitrogens is 8. The number of fused-ring (bicyclic) bond motifs is 4. The van der Waals surface area contributed by atoms with E-state index in [0.717, 1.165) is 133 Å². The van der Waals surface area contributed by atoms with E-state index in [4.69, 9.17) is 60.3 Å². The summed E-state index contributed by atoms with van der Waals surface area (Å²) in [5.74, 6) is 3.22. The molecule has 0 atom stereocenters. The highest BCUT2D eigenvalue weighted by Gasteiger charge is 2.23. The van der Waals surface area contributed by atoms with Crippen molar-refractivity contribution in [1.82, 2.24) is 38.3 Å². The summed E-state index contributed by atoms with van der Waals surface area (Å²) in [4.78, 5) is 32.8. The maximum Gasteiger partial charge on any atom is 0.190 e. The third-order valence-electron chi connectivity index (χ3n) is 16.5. The lowest BCUT2D eigenvalue weighted by molar-refractivity contribution is 0.414. The van der Waals surface area contributed by atoms with Crippen molar-refractivity contribution in [3.8, 4) is 50.9 Å². The number of pyridine rings is 4. The van der Waals surface area contributed by atoms with E-state index in [1.165, 1.54) is 0 Å². The first kappa shape index (κ1) is 64.0. The van der Waals surface area contributed by atoms with Crippen molar-refractivity contribution >= 4 is 94.7 Å². The van der Waals surface area contributed by atoms with Gasteiger partial charge in [0.05, 0.1) is 123 Å². The van der Waals surface area contributed by atoms with Gasteiger partial charge in [-0.3, -0.25) is 9.97 Å². The van der Waals surface area contributed by atoms with Gasteiger partial charge in [0, 0.05) is 95.6 Å². The average molecular weight is 1360 g/mol. The fourth-order valence-electron chi connectivity index (χ4n) is 11.4. The van der Waals surface area contributed by atoms with E-state index in [-0.39, 0.29) is 0 Å². The highest BCUT2D eigenvalue weighted by atomic mass is 79.9. The number of benzene rings is 6. The fourth-order valence-corrected chi connectivity index (χ4v) is 12.4. The predicted octanol–water partition coefficient (Wildman–Crippen LogP) is 19.1. The van der Waals surface area contributed by atoms with Crippen LogP contribution in [0.1, 0.15) is 33.4 Å². The van der Waals surface area contributed by atoms with Gasteiger partial charge in [0.1, 0.15) is 23.0 Å². The Labute approximate surface area is 568 Å². The van der Waals surface area contributed by atoms with Crippen molar-refractivity contribution in [2.75, 3.05) is 38.2 Å². The molecule has 8 heterocycles. The number of rotatable bonds is 17. The lowest BCUT2D eigenvalue weighted by Gasteiger charge is -2.27. The first-order valence-electron chi connectivity index (χ1n) is 30.1. The maximum absolute atomic E-state index is 7.82. The van der Waals surface area contributed by atoms with Crippen molar-refractivity contribution in [1.29, 1.82) is 0 Å². The molecular weight excluding hydrogens is 1300 g/mol. The first-order valence-corrected chi connectivity index (χ1v) is 31.7. The number of nitrogens with one attached hydrogen (secondary N) is 1. The number of nitrogens with zero attached hydrogens (tertiary/aromatic N) is 11. The van der Waals surface area contributed by atoms with Crippen LogP contribution in [0.15, 0.2) is 225 Å². The van der Waals surface area contributed by atoms with Gasteiger partial charge >= 0.3 is 0 Å². The summed E-state index contributed by atoms with van der Waals surface area (Å²) < 4.78 is 28.6. The lowest BCUT2D eigenvalue weighted by atomic mass is 10.0. The molecule has 0 aliphatic rings. The highest BCUT2D eigenvalue weighted by Crippen LogP contribution is 2.44. The van der Waals surface area contributed by atoms with Crippen LogP contribution in [-0.4, -0.2) is 66.7 Å². The van der Waals surface area contributed by atoms with Crippen LogP contribution >= 0.6 is 39.1 Å². The van der Waals surface area contributed by atoms with Gasteiger partial charge in [-0.15, -0.1) is 0 Å². The standard InChI is InChI=1S/C38H31ClN6O2.C31H27ClN4O2.C7H5BrN2/c1-25-15-36-32(16-35(25)40-2)34(23-45(36)29-10-9-28-17-42-24-44(28)22-29)33-18-41-19-37(38(33)39)43(20-26-5-11-30(46-3)12-6-26)21-27-7-13-31(47-4)14-8-27;1-20-13-29-25(14-28(20)33-2)26(16-35-29)27-15-34-17-30(31(27)32)36(18-21-5-9-23(37-3)10-6-21)19-22-7-11-24(38-4)12-8-22;8-6-1-2-7-3-9-5-10(7)4-6/h5-19,22-24H,20-21H2,1,3-4H3;5-17,35H,18-19H2,1,3-4H3;1-5H. The fraction of sp³-hybridized carbons (Fsp3) is 0.132. The summed E-state index contributed by atoms with van der Waals surface area (Å²) in [7, 11) is 6.65. The quantitative estimate of drug-likeness (QED) is 0.0879. The van der Waals surface area contributed by atoms with Crippen LogP contribution < -0.4 is 28.7 Å². The Morgan fingerprint density at radius 2 is 0.905 bits per heavy atom. The van der Waals surface area contributed by atoms with E-state index in [1.54, 1.807) is 53.5 Å². The number of halogens is 3. The third-order valence-corrected chi connectivity index (χ3v) is 17.8. The molecule has 95 heavy (non-hydrogen) atoms. The number of methoxy groups -OCH3 is 4. The third kappa shape index (κ3) is 14.1. The van der Waals surface area contributed by atoms with E-state index in [2.05, 4.69) is 127 Å². The molecule has 1 N–H and O–H groups in total. The Morgan fingerprint density at radius 1 is 0.474 bits per heavy atom. The Kier molecular flexibility index (Phi) is 19.4. The normalized spacial score (nSPS) is 10.9. The molecule has 8 aromatic heterocycles. The van der Waals surface area contributed by atoms with Gasteiger partial charge in [0.2, 0.25) is 0 Å². The number of aryl methyl sites for hydroxylation is 2. The number of hydrogen-bond acceptors (Lipinski definition) is 10. The minimum absolute atomic E-state index is 0.580. The Hall–Kier alpha value is -11.1. The number of aromatic amines is 1. The van der Waals surface area contributed by atoms with E-state index in [9.17, 15) is 0 Å². The van der Waals surface area contributed by atoms with Crippen LogP contribution in [0.4, 0.5) is 22.7 Å². The molecule has 14 aromatic rings. The molecule has 0 saturated carbocycles. The number of ether oxygens (including phenoxy) is 4. The van der Waals surface area contributed by atoms with Gasteiger partial charge in [0.15, 0.2) is 11.4 Å².